The largest absolute Gasteiger partial charge is 0.504 e. The minimum Gasteiger partial charge on any atom is -0.504 e. The van der Waals surface area contributed by atoms with E-state index < -0.39 is 8.80 Å². The molecule has 2 rings (SSSR count). The molecule has 94 valence electrons. The SMILES string of the molecule is C[SiH](C)c1ccc(O)c(OCc2ccccc2)c1. The summed E-state index contributed by atoms with van der Waals surface area (Å²) >= 11 is 0. The summed E-state index contributed by atoms with van der Waals surface area (Å²) in [5.41, 5.74) is 1.10. The summed E-state index contributed by atoms with van der Waals surface area (Å²) in [6.07, 6.45) is 0. The summed E-state index contributed by atoms with van der Waals surface area (Å²) in [6.45, 7) is 5.00. The van der Waals surface area contributed by atoms with Crippen molar-refractivity contribution in [1.82, 2.24) is 0 Å². The highest BCUT2D eigenvalue weighted by atomic mass is 28.3. The molecule has 0 atom stereocenters. The highest BCUT2D eigenvalue weighted by Crippen LogP contribution is 2.24. The third kappa shape index (κ3) is 3.14. The van der Waals surface area contributed by atoms with Gasteiger partial charge in [0.1, 0.15) is 6.61 Å². The van der Waals surface area contributed by atoms with Crippen molar-refractivity contribution in [2.75, 3.05) is 0 Å². The van der Waals surface area contributed by atoms with Crippen molar-refractivity contribution in [2.45, 2.75) is 19.7 Å². The van der Waals surface area contributed by atoms with E-state index in [9.17, 15) is 5.11 Å². The van der Waals surface area contributed by atoms with Crippen LogP contribution in [0.4, 0.5) is 0 Å². The van der Waals surface area contributed by atoms with Gasteiger partial charge in [-0.25, -0.2) is 0 Å². The van der Waals surface area contributed by atoms with Gasteiger partial charge in [-0.3, -0.25) is 0 Å². The summed E-state index contributed by atoms with van der Waals surface area (Å²) in [5.74, 6) is 0.793. The highest BCUT2D eigenvalue weighted by molar-refractivity contribution is 6.70. The monoisotopic (exact) mass is 258 g/mol. The second-order valence-corrected chi connectivity index (χ2v) is 7.63. The lowest BCUT2D eigenvalue weighted by Gasteiger charge is -2.11. The van der Waals surface area contributed by atoms with Crippen molar-refractivity contribution in [3.63, 3.8) is 0 Å². The Labute approximate surface area is 109 Å². The number of rotatable bonds is 4. The Hall–Kier alpha value is -1.74. The van der Waals surface area contributed by atoms with Crippen LogP contribution in [0.5, 0.6) is 11.5 Å². The van der Waals surface area contributed by atoms with Crippen LogP contribution in [0.25, 0.3) is 0 Å². The third-order valence-corrected chi connectivity index (χ3v) is 4.58. The number of aromatic hydroxyl groups is 1. The van der Waals surface area contributed by atoms with Gasteiger partial charge in [-0.1, -0.05) is 54.7 Å². The first-order chi connectivity index (χ1) is 8.66. The average Bonchev–Trinajstić information content (AvgIpc) is 2.38. The average molecular weight is 258 g/mol. The molecule has 0 spiro atoms. The van der Waals surface area contributed by atoms with Crippen molar-refractivity contribution in [1.29, 1.82) is 0 Å². The van der Waals surface area contributed by atoms with E-state index in [0.29, 0.717) is 12.4 Å². The van der Waals surface area contributed by atoms with Crippen LogP contribution in [-0.2, 0) is 6.61 Å². The maximum atomic E-state index is 9.79. The van der Waals surface area contributed by atoms with Gasteiger partial charge in [-0.15, -0.1) is 0 Å². The summed E-state index contributed by atoms with van der Waals surface area (Å²) in [5, 5.41) is 11.1. The minimum absolute atomic E-state index is 0.212. The van der Waals surface area contributed by atoms with Gasteiger partial charge in [0.2, 0.25) is 0 Å². The molecule has 0 aliphatic heterocycles. The molecule has 0 bridgehead atoms. The van der Waals surface area contributed by atoms with Gasteiger partial charge in [0.25, 0.3) is 0 Å². The van der Waals surface area contributed by atoms with Crippen molar-refractivity contribution in [3.05, 3.63) is 54.1 Å². The quantitative estimate of drug-likeness (QED) is 0.854. The van der Waals surface area contributed by atoms with Gasteiger partial charge < -0.3 is 9.84 Å². The molecule has 0 aliphatic carbocycles. The molecule has 2 aromatic carbocycles. The Morgan fingerprint density at radius 3 is 2.44 bits per heavy atom. The van der Waals surface area contributed by atoms with E-state index in [4.69, 9.17) is 4.74 Å². The zero-order valence-corrected chi connectivity index (χ0v) is 11.9. The smallest absolute Gasteiger partial charge is 0.161 e. The van der Waals surface area contributed by atoms with Gasteiger partial charge in [0, 0.05) is 0 Å². The van der Waals surface area contributed by atoms with E-state index in [2.05, 4.69) is 13.1 Å². The van der Waals surface area contributed by atoms with Gasteiger partial charge in [-0.05, 0) is 17.7 Å². The molecule has 0 aliphatic rings. The molecule has 0 fully saturated rings. The van der Waals surface area contributed by atoms with E-state index >= 15 is 0 Å². The van der Waals surface area contributed by atoms with Crippen molar-refractivity contribution in [2.24, 2.45) is 0 Å². The number of hydrogen-bond donors (Lipinski definition) is 1. The van der Waals surface area contributed by atoms with Crippen molar-refractivity contribution in [3.8, 4) is 11.5 Å². The first-order valence-electron chi connectivity index (χ1n) is 6.16. The Morgan fingerprint density at radius 1 is 1.06 bits per heavy atom. The van der Waals surface area contributed by atoms with Gasteiger partial charge in [-0.2, -0.15) is 0 Å². The molecule has 3 heteroatoms. The normalized spacial score (nSPS) is 10.6. The zero-order valence-electron chi connectivity index (χ0n) is 10.8. The van der Waals surface area contributed by atoms with Crippen LogP contribution in [0.15, 0.2) is 48.5 Å². The number of phenolic OH excluding ortho intramolecular Hbond substituents is 1. The maximum absolute atomic E-state index is 9.79. The molecule has 0 saturated heterocycles. The van der Waals surface area contributed by atoms with E-state index in [0.717, 1.165) is 5.56 Å². The lowest BCUT2D eigenvalue weighted by Crippen LogP contribution is -2.22. The van der Waals surface area contributed by atoms with Crippen LogP contribution in [0.2, 0.25) is 13.1 Å². The fraction of sp³-hybridized carbons (Fsp3) is 0.200. The van der Waals surface area contributed by atoms with E-state index in [1.165, 1.54) is 5.19 Å². The number of phenols is 1. The van der Waals surface area contributed by atoms with Crippen LogP contribution in [0.1, 0.15) is 5.56 Å². The van der Waals surface area contributed by atoms with Crippen LogP contribution in [0, 0.1) is 0 Å². The maximum Gasteiger partial charge on any atom is 0.161 e. The molecule has 18 heavy (non-hydrogen) atoms. The van der Waals surface area contributed by atoms with Gasteiger partial charge in [0.15, 0.2) is 11.5 Å². The minimum atomic E-state index is -0.867. The number of benzene rings is 2. The van der Waals surface area contributed by atoms with Crippen LogP contribution in [0.3, 0.4) is 0 Å². The molecule has 2 nitrogen and oxygen atoms in total. The topological polar surface area (TPSA) is 29.5 Å². The van der Waals surface area contributed by atoms with Crippen molar-refractivity contribution < 1.29 is 9.84 Å². The molecular weight excluding hydrogens is 240 g/mol. The second kappa shape index (κ2) is 5.73. The fourth-order valence-corrected chi connectivity index (χ4v) is 2.71. The van der Waals surface area contributed by atoms with Gasteiger partial charge >= 0.3 is 0 Å². The van der Waals surface area contributed by atoms with E-state index in [-0.39, 0.29) is 5.75 Å². The molecule has 0 aromatic heterocycles. The zero-order chi connectivity index (χ0) is 13.0. The summed E-state index contributed by atoms with van der Waals surface area (Å²) < 4.78 is 5.69. The van der Waals surface area contributed by atoms with Crippen LogP contribution >= 0.6 is 0 Å². The number of ether oxygens (including phenoxy) is 1. The molecule has 0 radical (unpaired) electrons. The lowest BCUT2D eigenvalue weighted by molar-refractivity contribution is 0.289. The first-order valence-corrected chi connectivity index (χ1v) is 9.05. The molecule has 0 amide bonds. The summed E-state index contributed by atoms with van der Waals surface area (Å²) in [7, 11) is -0.867. The van der Waals surface area contributed by atoms with Gasteiger partial charge in [0.05, 0.1) is 8.80 Å². The van der Waals surface area contributed by atoms with Crippen molar-refractivity contribution >= 4 is 14.0 Å². The lowest BCUT2D eigenvalue weighted by atomic mass is 10.2. The van der Waals surface area contributed by atoms with E-state index in [1.807, 2.05) is 42.5 Å². The fourth-order valence-electron chi connectivity index (χ4n) is 1.74. The predicted octanol–water partition coefficient (Wildman–Crippen LogP) is 2.66. The molecular formula is C15H18O2Si. The Kier molecular flexibility index (Phi) is 4.05. The standard InChI is InChI=1S/C15H18O2Si/c1-18(2)13-8-9-14(16)15(10-13)17-11-12-6-4-3-5-7-12/h3-10,16,18H,11H2,1-2H3. The van der Waals surface area contributed by atoms with Crippen LogP contribution < -0.4 is 9.92 Å². The molecule has 0 unspecified atom stereocenters. The summed E-state index contributed by atoms with van der Waals surface area (Å²) in [4.78, 5) is 0. The predicted molar refractivity (Wildman–Crippen MR) is 77.4 cm³/mol. The molecule has 0 saturated carbocycles. The third-order valence-electron chi connectivity index (χ3n) is 2.89. The van der Waals surface area contributed by atoms with Crippen LogP contribution in [-0.4, -0.2) is 13.9 Å². The molecule has 0 heterocycles. The highest BCUT2D eigenvalue weighted by Gasteiger charge is 2.07. The Morgan fingerprint density at radius 2 is 1.78 bits per heavy atom. The number of hydrogen-bond acceptors (Lipinski definition) is 2. The first kappa shape index (κ1) is 12.7. The second-order valence-electron chi connectivity index (χ2n) is 4.66. The Balaban J connectivity index is 2.11. The summed E-state index contributed by atoms with van der Waals surface area (Å²) in [6, 6.07) is 15.6. The molecule has 2 aromatic rings. The molecule has 1 N–H and O–H groups in total. The Bertz CT molecular complexity index is 509. The van der Waals surface area contributed by atoms with E-state index in [1.54, 1.807) is 6.07 Å².